The number of benzene rings is 2. The van der Waals surface area contributed by atoms with Gasteiger partial charge in [-0.05, 0) is 63.4 Å². The Morgan fingerprint density at radius 3 is 2.40 bits per heavy atom. The number of anilines is 2. The lowest BCUT2D eigenvalue weighted by Gasteiger charge is -2.30. The van der Waals surface area contributed by atoms with Crippen LogP contribution in [0.25, 0.3) is 0 Å². The van der Waals surface area contributed by atoms with Crippen LogP contribution >= 0.6 is 11.3 Å². The van der Waals surface area contributed by atoms with Crippen LogP contribution in [0.2, 0.25) is 0 Å². The standard InChI is InChI=1S/C30H33N5O6S/c1-30(2,3)41-29(39)33-24(19-7-5-4-6-8-19)27(38)34-18-40-17-23(34)26(37)35(28-31-15-16-42-28)22-13-9-20(10-14-22)25(36)32-21-11-12-21/h4-10,13-16,21,23-24H,11-12,17-18H2,1-3H3,(H,32,36)(H,33,39). The highest BCUT2D eigenvalue weighted by Crippen LogP contribution is 2.31. The van der Waals surface area contributed by atoms with E-state index in [0.717, 1.165) is 12.8 Å². The van der Waals surface area contributed by atoms with E-state index in [1.54, 1.807) is 86.9 Å². The first-order valence-electron chi connectivity index (χ1n) is 13.7. The van der Waals surface area contributed by atoms with E-state index in [4.69, 9.17) is 9.47 Å². The molecule has 0 spiro atoms. The molecule has 220 valence electrons. The van der Waals surface area contributed by atoms with E-state index in [9.17, 15) is 19.2 Å². The number of carbonyl (C=O) groups excluding carboxylic acids is 4. The molecule has 2 unspecified atom stereocenters. The van der Waals surface area contributed by atoms with Gasteiger partial charge in [0.15, 0.2) is 5.13 Å². The highest BCUT2D eigenvalue weighted by molar-refractivity contribution is 7.13. The minimum Gasteiger partial charge on any atom is -0.444 e. The van der Waals surface area contributed by atoms with Crippen LogP contribution in [0.3, 0.4) is 0 Å². The van der Waals surface area contributed by atoms with Crippen LogP contribution < -0.4 is 15.5 Å². The molecule has 2 atom stereocenters. The van der Waals surface area contributed by atoms with Crippen molar-refractivity contribution in [3.63, 3.8) is 0 Å². The fourth-order valence-corrected chi connectivity index (χ4v) is 5.12. The van der Waals surface area contributed by atoms with Crippen molar-refractivity contribution in [1.29, 1.82) is 0 Å². The average molecular weight is 592 g/mol. The zero-order valence-electron chi connectivity index (χ0n) is 23.6. The van der Waals surface area contributed by atoms with Gasteiger partial charge in [-0.15, -0.1) is 11.3 Å². The Labute approximate surface area is 247 Å². The Balaban J connectivity index is 1.40. The van der Waals surface area contributed by atoms with Gasteiger partial charge in [-0.2, -0.15) is 0 Å². The summed E-state index contributed by atoms with van der Waals surface area (Å²) in [5, 5.41) is 7.77. The third-order valence-electron chi connectivity index (χ3n) is 6.62. The summed E-state index contributed by atoms with van der Waals surface area (Å²) in [5.41, 5.74) is 0.732. The number of nitrogens with one attached hydrogen (secondary N) is 2. The number of nitrogens with zero attached hydrogens (tertiary/aromatic N) is 3. The molecule has 2 heterocycles. The van der Waals surface area contributed by atoms with Gasteiger partial charge in [-0.1, -0.05) is 30.3 Å². The van der Waals surface area contributed by atoms with Gasteiger partial charge in [0.25, 0.3) is 17.7 Å². The number of hydrogen-bond donors (Lipinski definition) is 2. The first-order chi connectivity index (χ1) is 20.1. The molecular weight excluding hydrogens is 558 g/mol. The SMILES string of the molecule is CC(C)(C)OC(=O)NC(C(=O)N1COCC1C(=O)N(c1ccc(C(=O)NC2CC2)cc1)c1nccs1)c1ccccc1. The zero-order chi connectivity index (χ0) is 29.9. The molecule has 4 amide bonds. The Bertz CT molecular complexity index is 1420. The average Bonchev–Trinajstić information content (AvgIpc) is 3.39. The molecule has 1 aliphatic heterocycles. The third kappa shape index (κ3) is 6.94. The van der Waals surface area contributed by atoms with E-state index in [-0.39, 0.29) is 25.3 Å². The fraction of sp³-hybridized carbons (Fsp3) is 0.367. The second-order valence-electron chi connectivity index (χ2n) is 11.1. The van der Waals surface area contributed by atoms with Crippen molar-refractivity contribution in [2.24, 2.45) is 0 Å². The smallest absolute Gasteiger partial charge is 0.408 e. The quantitative estimate of drug-likeness (QED) is 0.403. The number of hydrogen-bond acceptors (Lipinski definition) is 8. The van der Waals surface area contributed by atoms with E-state index in [1.807, 2.05) is 0 Å². The maximum Gasteiger partial charge on any atom is 0.408 e. The molecule has 0 bridgehead atoms. The largest absolute Gasteiger partial charge is 0.444 e. The predicted molar refractivity (Wildman–Crippen MR) is 156 cm³/mol. The molecule has 12 heteroatoms. The van der Waals surface area contributed by atoms with Crippen molar-refractivity contribution in [3.8, 4) is 0 Å². The van der Waals surface area contributed by atoms with Gasteiger partial charge in [0.2, 0.25) is 0 Å². The minimum absolute atomic E-state index is 0.0394. The summed E-state index contributed by atoms with van der Waals surface area (Å²) in [5.74, 6) is -1.12. The van der Waals surface area contributed by atoms with Crippen molar-refractivity contribution in [1.82, 2.24) is 20.5 Å². The number of rotatable bonds is 8. The molecular formula is C30H33N5O6S. The molecule has 1 aromatic heterocycles. The van der Waals surface area contributed by atoms with Crippen LogP contribution in [0.1, 0.15) is 55.6 Å². The lowest BCUT2D eigenvalue weighted by atomic mass is 10.0. The van der Waals surface area contributed by atoms with Gasteiger partial charge in [-0.3, -0.25) is 19.3 Å². The highest BCUT2D eigenvalue weighted by Gasteiger charge is 2.42. The van der Waals surface area contributed by atoms with E-state index >= 15 is 0 Å². The van der Waals surface area contributed by atoms with Crippen LogP contribution in [0.5, 0.6) is 0 Å². The zero-order valence-corrected chi connectivity index (χ0v) is 24.4. The number of alkyl carbamates (subject to hydrolysis) is 1. The molecule has 1 saturated carbocycles. The Kier molecular flexibility index (Phi) is 8.55. The van der Waals surface area contributed by atoms with Gasteiger partial charge in [0.05, 0.1) is 12.3 Å². The van der Waals surface area contributed by atoms with Crippen molar-refractivity contribution in [3.05, 3.63) is 77.3 Å². The predicted octanol–water partition coefficient (Wildman–Crippen LogP) is 4.15. The second-order valence-corrected chi connectivity index (χ2v) is 12.0. The van der Waals surface area contributed by atoms with Crippen LogP contribution in [0, 0.1) is 0 Å². The summed E-state index contributed by atoms with van der Waals surface area (Å²) in [7, 11) is 0. The Hall–Kier alpha value is -4.29. The molecule has 2 aromatic carbocycles. The van der Waals surface area contributed by atoms with Gasteiger partial charge in [0, 0.05) is 23.2 Å². The molecule has 2 fully saturated rings. The maximum atomic E-state index is 14.1. The Morgan fingerprint density at radius 2 is 1.79 bits per heavy atom. The van der Waals surface area contributed by atoms with E-state index < -0.39 is 35.6 Å². The van der Waals surface area contributed by atoms with Crippen LogP contribution in [0.15, 0.2) is 66.2 Å². The van der Waals surface area contributed by atoms with Crippen molar-refractivity contribution in [2.75, 3.05) is 18.2 Å². The number of amides is 4. The van der Waals surface area contributed by atoms with E-state index in [1.165, 1.54) is 21.1 Å². The highest BCUT2D eigenvalue weighted by atomic mass is 32.1. The molecule has 2 aliphatic rings. The Morgan fingerprint density at radius 1 is 1.07 bits per heavy atom. The summed E-state index contributed by atoms with van der Waals surface area (Å²) in [6, 6.07) is 13.5. The first kappa shape index (κ1) is 29.2. The summed E-state index contributed by atoms with van der Waals surface area (Å²) < 4.78 is 11.0. The van der Waals surface area contributed by atoms with Gasteiger partial charge < -0.3 is 25.0 Å². The molecule has 1 aliphatic carbocycles. The van der Waals surface area contributed by atoms with Crippen LogP contribution in [0.4, 0.5) is 15.6 Å². The van der Waals surface area contributed by atoms with E-state index in [0.29, 0.717) is 21.9 Å². The monoisotopic (exact) mass is 591 g/mol. The van der Waals surface area contributed by atoms with Crippen LogP contribution in [-0.2, 0) is 19.1 Å². The number of aromatic nitrogens is 1. The van der Waals surface area contributed by atoms with Gasteiger partial charge in [0.1, 0.15) is 24.4 Å². The fourth-order valence-electron chi connectivity index (χ4n) is 4.45. The van der Waals surface area contributed by atoms with Crippen LogP contribution in [-0.4, -0.2) is 64.7 Å². The van der Waals surface area contributed by atoms with E-state index in [2.05, 4.69) is 15.6 Å². The maximum absolute atomic E-state index is 14.1. The molecule has 5 rings (SSSR count). The molecule has 1 saturated heterocycles. The van der Waals surface area contributed by atoms with Crippen molar-refractivity contribution < 1.29 is 28.7 Å². The molecule has 42 heavy (non-hydrogen) atoms. The summed E-state index contributed by atoms with van der Waals surface area (Å²) in [6.45, 7) is 5.01. The summed E-state index contributed by atoms with van der Waals surface area (Å²) in [6.07, 6.45) is 2.78. The normalized spacial score (nSPS) is 17.3. The number of ether oxygens (including phenoxy) is 2. The van der Waals surface area contributed by atoms with Crippen molar-refractivity contribution >= 4 is 46.0 Å². The first-order valence-corrected chi connectivity index (χ1v) is 14.6. The summed E-state index contributed by atoms with van der Waals surface area (Å²) in [4.78, 5) is 60.4. The van der Waals surface area contributed by atoms with Gasteiger partial charge >= 0.3 is 6.09 Å². The molecule has 2 N–H and O–H groups in total. The second kappa shape index (κ2) is 12.3. The number of carbonyl (C=O) groups is 4. The molecule has 0 radical (unpaired) electrons. The lowest BCUT2D eigenvalue weighted by molar-refractivity contribution is -0.139. The minimum atomic E-state index is -1.12. The summed E-state index contributed by atoms with van der Waals surface area (Å²) >= 11 is 1.26. The topological polar surface area (TPSA) is 130 Å². The number of thiazole rings is 1. The third-order valence-corrected chi connectivity index (χ3v) is 7.38. The van der Waals surface area contributed by atoms with Crippen molar-refractivity contribution in [2.45, 2.75) is 57.3 Å². The lowest BCUT2D eigenvalue weighted by Crippen LogP contribution is -2.51. The molecule has 11 nitrogen and oxygen atoms in total. The molecule has 3 aromatic rings. The van der Waals surface area contributed by atoms with Gasteiger partial charge in [-0.25, -0.2) is 9.78 Å².